The fraction of sp³-hybridized carbons (Fsp3) is 0.238. The molecule has 27 heavy (non-hydrogen) atoms. The summed E-state index contributed by atoms with van der Waals surface area (Å²) in [4.78, 5) is 24.9. The van der Waals surface area contributed by atoms with Gasteiger partial charge in [0.1, 0.15) is 6.04 Å². The highest BCUT2D eigenvalue weighted by atomic mass is 35.5. The molecule has 0 saturated carbocycles. The van der Waals surface area contributed by atoms with E-state index >= 15 is 0 Å². The molecule has 0 fully saturated rings. The van der Waals surface area contributed by atoms with Crippen molar-refractivity contribution >= 4 is 35.2 Å². The number of carbonyl (C=O) groups is 2. The summed E-state index contributed by atoms with van der Waals surface area (Å²) in [6.45, 7) is 0.214. The molecule has 2 N–H and O–H groups in total. The van der Waals surface area contributed by atoms with E-state index in [0.29, 0.717) is 17.0 Å². The van der Waals surface area contributed by atoms with E-state index in [9.17, 15) is 9.59 Å². The quantitative estimate of drug-likeness (QED) is 0.700. The summed E-state index contributed by atoms with van der Waals surface area (Å²) in [5, 5.41) is 5.89. The minimum absolute atomic E-state index is 0.214. The summed E-state index contributed by atoms with van der Waals surface area (Å²) in [5.74, 6) is 6.02. The zero-order chi connectivity index (χ0) is 19.5. The smallest absolute Gasteiger partial charge is 0.253 e. The number of thioether (sulfide) groups is 1. The molecular formula is C21H21ClN2O2S. The normalized spacial score (nSPS) is 11.0. The molecule has 0 radical (unpaired) electrons. The van der Waals surface area contributed by atoms with Gasteiger partial charge < -0.3 is 10.6 Å². The Morgan fingerprint density at radius 3 is 2.52 bits per heavy atom. The Morgan fingerprint density at radius 2 is 1.81 bits per heavy atom. The van der Waals surface area contributed by atoms with Crippen LogP contribution in [0.1, 0.15) is 22.3 Å². The molecule has 140 valence electrons. The zero-order valence-corrected chi connectivity index (χ0v) is 16.6. The van der Waals surface area contributed by atoms with Gasteiger partial charge in [0.25, 0.3) is 5.91 Å². The van der Waals surface area contributed by atoms with Crippen LogP contribution in [0.4, 0.5) is 0 Å². The van der Waals surface area contributed by atoms with E-state index in [0.717, 1.165) is 11.3 Å². The molecular weight excluding hydrogens is 380 g/mol. The van der Waals surface area contributed by atoms with Crippen molar-refractivity contribution in [3.63, 3.8) is 0 Å². The molecule has 2 amide bonds. The van der Waals surface area contributed by atoms with Crippen molar-refractivity contribution in [2.24, 2.45) is 0 Å². The van der Waals surface area contributed by atoms with Crippen LogP contribution in [0.3, 0.4) is 0 Å². The van der Waals surface area contributed by atoms with Crippen LogP contribution < -0.4 is 10.6 Å². The Balaban J connectivity index is 1.96. The Morgan fingerprint density at radius 1 is 1.11 bits per heavy atom. The molecule has 1 atom stereocenters. The van der Waals surface area contributed by atoms with Gasteiger partial charge in [0.15, 0.2) is 0 Å². The van der Waals surface area contributed by atoms with Gasteiger partial charge in [-0.1, -0.05) is 53.8 Å². The van der Waals surface area contributed by atoms with Crippen molar-refractivity contribution in [1.29, 1.82) is 0 Å². The van der Waals surface area contributed by atoms with E-state index in [1.807, 2.05) is 36.6 Å². The topological polar surface area (TPSA) is 58.2 Å². The number of benzene rings is 2. The Labute approximate surface area is 169 Å². The predicted octanol–water partition coefficient (Wildman–Crippen LogP) is 3.36. The van der Waals surface area contributed by atoms with E-state index in [1.54, 1.807) is 36.0 Å². The van der Waals surface area contributed by atoms with E-state index in [1.165, 1.54) is 0 Å². The van der Waals surface area contributed by atoms with Crippen molar-refractivity contribution < 1.29 is 9.59 Å². The van der Waals surface area contributed by atoms with Gasteiger partial charge in [0.05, 0.1) is 17.1 Å². The molecule has 0 heterocycles. The minimum atomic E-state index is -0.639. The van der Waals surface area contributed by atoms with Crippen LogP contribution in [0.5, 0.6) is 0 Å². The lowest BCUT2D eigenvalue weighted by Crippen LogP contribution is -2.47. The number of halogens is 1. The van der Waals surface area contributed by atoms with Crippen molar-refractivity contribution in [1.82, 2.24) is 10.6 Å². The molecule has 4 nitrogen and oxygen atoms in total. The average Bonchev–Trinajstić information content (AvgIpc) is 2.69. The van der Waals surface area contributed by atoms with Crippen LogP contribution in [0.2, 0.25) is 5.02 Å². The Bertz CT molecular complexity index is 831. The second kappa shape index (κ2) is 11.3. The first-order chi connectivity index (χ1) is 13.1. The van der Waals surface area contributed by atoms with E-state index in [4.69, 9.17) is 11.6 Å². The van der Waals surface area contributed by atoms with E-state index < -0.39 is 6.04 Å². The van der Waals surface area contributed by atoms with Crippen LogP contribution >= 0.6 is 23.4 Å². The minimum Gasteiger partial charge on any atom is -0.343 e. The van der Waals surface area contributed by atoms with Crippen molar-refractivity contribution in [2.75, 3.05) is 18.6 Å². The maximum atomic E-state index is 12.5. The lowest BCUT2D eigenvalue weighted by Gasteiger charge is -2.18. The highest BCUT2D eigenvalue weighted by molar-refractivity contribution is 7.98. The summed E-state index contributed by atoms with van der Waals surface area (Å²) < 4.78 is 0. The molecule has 0 aliphatic rings. The molecule has 2 aromatic rings. The summed E-state index contributed by atoms with van der Waals surface area (Å²) in [6.07, 6.45) is 2.48. The predicted molar refractivity (Wildman–Crippen MR) is 112 cm³/mol. The first-order valence-electron chi connectivity index (χ1n) is 8.47. The fourth-order valence-electron chi connectivity index (χ4n) is 2.31. The van der Waals surface area contributed by atoms with Gasteiger partial charge in [-0.25, -0.2) is 0 Å². The van der Waals surface area contributed by atoms with Crippen LogP contribution in [0, 0.1) is 11.8 Å². The SMILES string of the molecule is CSCC[C@@H](NC(=O)c1ccccc1Cl)C(=O)NCC#Cc1ccccc1. The van der Waals surface area contributed by atoms with Crippen LogP contribution in [-0.2, 0) is 4.79 Å². The van der Waals surface area contributed by atoms with Crippen molar-refractivity contribution in [3.8, 4) is 11.8 Å². The molecule has 0 aliphatic carbocycles. The fourth-order valence-corrected chi connectivity index (χ4v) is 3.00. The second-order valence-electron chi connectivity index (χ2n) is 5.67. The molecule has 0 spiro atoms. The third-order valence-corrected chi connectivity index (χ3v) is 4.68. The Kier molecular flexibility index (Phi) is 8.76. The van der Waals surface area contributed by atoms with Crippen molar-refractivity contribution in [2.45, 2.75) is 12.5 Å². The van der Waals surface area contributed by atoms with Gasteiger partial charge in [0, 0.05) is 5.56 Å². The molecule has 0 aliphatic heterocycles. The summed E-state index contributed by atoms with van der Waals surface area (Å²) in [6, 6.07) is 15.7. The highest BCUT2D eigenvalue weighted by Crippen LogP contribution is 2.15. The highest BCUT2D eigenvalue weighted by Gasteiger charge is 2.21. The maximum absolute atomic E-state index is 12.5. The van der Waals surface area contributed by atoms with E-state index in [-0.39, 0.29) is 18.4 Å². The number of rotatable bonds is 7. The van der Waals surface area contributed by atoms with Crippen LogP contribution in [0.25, 0.3) is 0 Å². The van der Waals surface area contributed by atoms with Gasteiger partial charge in [0.2, 0.25) is 5.91 Å². The largest absolute Gasteiger partial charge is 0.343 e. The van der Waals surface area contributed by atoms with Gasteiger partial charge >= 0.3 is 0 Å². The number of nitrogens with one attached hydrogen (secondary N) is 2. The first-order valence-corrected chi connectivity index (χ1v) is 10.2. The van der Waals surface area contributed by atoms with E-state index in [2.05, 4.69) is 22.5 Å². The maximum Gasteiger partial charge on any atom is 0.253 e. The monoisotopic (exact) mass is 400 g/mol. The molecule has 2 aromatic carbocycles. The summed E-state index contributed by atoms with van der Waals surface area (Å²) >= 11 is 7.68. The number of amides is 2. The number of hydrogen-bond donors (Lipinski definition) is 2. The summed E-state index contributed by atoms with van der Waals surface area (Å²) in [7, 11) is 0. The summed E-state index contributed by atoms with van der Waals surface area (Å²) in [5.41, 5.74) is 1.24. The third-order valence-electron chi connectivity index (χ3n) is 3.71. The first kappa shape index (κ1) is 20.9. The average molecular weight is 401 g/mol. The molecule has 0 saturated heterocycles. The molecule has 0 aromatic heterocycles. The second-order valence-corrected chi connectivity index (χ2v) is 7.07. The van der Waals surface area contributed by atoms with Crippen LogP contribution in [0.15, 0.2) is 54.6 Å². The molecule has 2 rings (SSSR count). The van der Waals surface area contributed by atoms with Gasteiger partial charge in [-0.05, 0) is 42.7 Å². The van der Waals surface area contributed by atoms with Gasteiger partial charge in [-0.3, -0.25) is 9.59 Å². The van der Waals surface area contributed by atoms with Gasteiger partial charge in [-0.15, -0.1) is 0 Å². The molecule has 0 unspecified atom stereocenters. The van der Waals surface area contributed by atoms with Gasteiger partial charge in [-0.2, -0.15) is 11.8 Å². The lowest BCUT2D eigenvalue weighted by molar-refractivity contribution is -0.122. The molecule has 0 bridgehead atoms. The van der Waals surface area contributed by atoms with Crippen molar-refractivity contribution in [3.05, 3.63) is 70.7 Å². The number of hydrogen-bond acceptors (Lipinski definition) is 3. The lowest BCUT2D eigenvalue weighted by atomic mass is 10.1. The standard InChI is InChI=1S/C21H21ClN2O2S/c1-27-15-13-19(24-20(25)17-11-5-6-12-18(17)22)21(26)23-14-7-10-16-8-3-2-4-9-16/h2-6,8-9,11-12,19H,13-15H2,1H3,(H,23,26)(H,24,25)/t19-/m1/s1. The Hall–Kier alpha value is -2.42. The number of carbonyl (C=O) groups excluding carboxylic acids is 2. The van der Waals surface area contributed by atoms with Crippen LogP contribution in [-0.4, -0.2) is 36.4 Å². The third kappa shape index (κ3) is 7.01. The molecule has 6 heteroatoms. The zero-order valence-electron chi connectivity index (χ0n) is 15.0.